The maximum Gasteiger partial charge on any atom is 0.254 e. The van der Waals surface area contributed by atoms with Crippen LogP contribution in [-0.2, 0) is 13.1 Å². The molecule has 1 saturated heterocycles. The Bertz CT molecular complexity index is 1010. The monoisotopic (exact) mass is 446 g/mol. The molecule has 0 spiro atoms. The van der Waals surface area contributed by atoms with E-state index >= 15 is 0 Å². The van der Waals surface area contributed by atoms with Crippen LogP contribution in [0.15, 0.2) is 78.9 Å². The molecular weight excluding hydrogens is 415 g/mol. The molecule has 0 bridgehead atoms. The number of carbonyl (C=O) groups is 1. The molecule has 0 aromatic heterocycles. The summed E-state index contributed by atoms with van der Waals surface area (Å²) in [6, 6.07) is 24.4. The minimum atomic E-state index is -0.334. The normalized spacial score (nSPS) is 14.7. The fourth-order valence-electron chi connectivity index (χ4n) is 4.41. The van der Waals surface area contributed by atoms with E-state index in [2.05, 4.69) is 29.2 Å². The third kappa shape index (κ3) is 6.20. The van der Waals surface area contributed by atoms with Gasteiger partial charge in [-0.3, -0.25) is 9.69 Å². The Morgan fingerprint density at radius 1 is 0.939 bits per heavy atom. The summed E-state index contributed by atoms with van der Waals surface area (Å²) < 4.78 is 19.0. The molecule has 0 radical (unpaired) electrons. The van der Waals surface area contributed by atoms with Crippen LogP contribution >= 0.6 is 0 Å². The molecule has 3 aromatic rings. The average Bonchev–Trinajstić information content (AvgIpc) is 2.85. The van der Waals surface area contributed by atoms with E-state index in [9.17, 15) is 9.18 Å². The maximum absolute atomic E-state index is 13.5. The van der Waals surface area contributed by atoms with Gasteiger partial charge in [-0.1, -0.05) is 42.5 Å². The van der Waals surface area contributed by atoms with Crippen molar-refractivity contribution in [3.8, 4) is 5.75 Å². The average molecular weight is 447 g/mol. The predicted molar refractivity (Wildman–Crippen MR) is 129 cm³/mol. The lowest BCUT2D eigenvalue weighted by Crippen LogP contribution is -2.46. The van der Waals surface area contributed by atoms with E-state index in [-0.39, 0.29) is 17.8 Å². The standard InChI is InChI=1S/C28H31FN2O2/c1-2-33-27-14-8-23(9-15-27)21-31(28(32)24-10-12-25(29)13-11-24)26-16-18-30(19-17-26)20-22-6-4-3-5-7-22/h3-15,26H,2,16-21H2,1H3. The molecule has 0 atom stereocenters. The van der Waals surface area contributed by atoms with Crippen molar-refractivity contribution in [3.63, 3.8) is 0 Å². The van der Waals surface area contributed by atoms with Crippen molar-refractivity contribution >= 4 is 5.91 Å². The second kappa shape index (κ2) is 11.1. The number of piperidine rings is 1. The molecule has 1 amide bonds. The highest BCUT2D eigenvalue weighted by atomic mass is 19.1. The van der Waals surface area contributed by atoms with Crippen LogP contribution in [0.2, 0.25) is 0 Å². The zero-order valence-corrected chi connectivity index (χ0v) is 19.1. The van der Waals surface area contributed by atoms with Crippen molar-refractivity contribution < 1.29 is 13.9 Å². The smallest absolute Gasteiger partial charge is 0.254 e. The lowest BCUT2D eigenvalue weighted by Gasteiger charge is -2.39. The van der Waals surface area contributed by atoms with Crippen molar-refractivity contribution in [2.75, 3.05) is 19.7 Å². The summed E-state index contributed by atoms with van der Waals surface area (Å²) in [7, 11) is 0. The highest BCUT2D eigenvalue weighted by Crippen LogP contribution is 2.24. The van der Waals surface area contributed by atoms with Gasteiger partial charge in [-0.15, -0.1) is 0 Å². The Kier molecular flexibility index (Phi) is 7.74. The van der Waals surface area contributed by atoms with Crippen LogP contribution in [0.5, 0.6) is 5.75 Å². The molecule has 1 aliphatic rings. The third-order valence-electron chi connectivity index (χ3n) is 6.19. The Morgan fingerprint density at radius 3 is 2.24 bits per heavy atom. The lowest BCUT2D eigenvalue weighted by atomic mass is 10.00. The third-order valence-corrected chi connectivity index (χ3v) is 6.19. The van der Waals surface area contributed by atoms with Crippen LogP contribution in [0, 0.1) is 5.82 Å². The van der Waals surface area contributed by atoms with E-state index in [1.807, 2.05) is 42.2 Å². The summed E-state index contributed by atoms with van der Waals surface area (Å²) in [6.07, 6.45) is 1.83. The molecule has 172 valence electrons. The molecule has 4 nitrogen and oxygen atoms in total. The van der Waals surface area contributed by atoms with Crippen LogP contribution in [-0.4, -0.2) is 41.4 Å². The van der Waals surface area contributed by atoms with Gasteiger partial charge in [-0.25, -0.2) is 4.39 Å². The van der Waals surface area contributed by atoms with E-state index < -0.39 is 0 Å². The molecule has 0 saturated carbocycles. The number of benzene rings is 3. The van der Waals surface area contributed by atoms with Gasteiger partial charge in [0.25, 0.3) is 5.91 Å². The van der Waals surface area contributed by atoms with Crippen molar-refractivity contribution in [2.45, 2.75) is 38.9 Å². The van der Waals surface area contributed by atoms with E-state index in [1.54, 1.807) is 12.1 Å². The number of amides is 1. The van der Waals surface area contributed by atoms with Crippen molar-refractivity contribution in [1.29, 1.82) is 0 Å². The van der Waals surface area contributed by atoms with Crippen molar-refractivity contribution in [1.82, 2.24) is 9.80 Å². The highest BCUT2D eigenvalue weighted by Gasteiger charge is 2.29. The van der Waals surface area contributed by atoms with Crippen molar-refractivity contribution in [3.05, 3.63) is 101 Å². The lowest BCUT2D eigenvalue weighted by molar-refractivity contribution is 0.0543. The van der Waals surface area contributed by atoms with Gasteiger partial charge in [-0.2, -0.15) is 0 Å². The first-order valence-corrected chi connectivity index (χ1v) is 11.7. The van der Waals surface area contributed by atoms with Gasteiger partial charge in [0.15, 0.2) is 0 Å². The molecular formula is C28H31FN2O2. The maximum atomic E-state index is 13.5. The van der Waals surface area contributed by atoms with E-state index in [1.165, 1.54) is 17.7 Å². The quantitative estimate of drug-likeness (QED) is 0.456. The fourth-order valence-corrected chi connectivity index (χ4v) is 4.41. The van der Waals surface area contributed by atoms with Gasteiger partial charge in [0.2, 0.25) is 0 Å². The zero-order valence-electron chi connectivity index (χ0n) is 19.1. The van der Waals surface area contributed by atoms with Crippen molar-refractivity contribution in [2.24, 2.45) is 0 Å². The first-order chi connectivity index (χ1) is 16.1. The van der Waals surface area contributed by atoms with Gasteiger partial charge in [0, 0.05) is 37.8 Å². The number of hydrogen-bond acceptors (Lipinski definition) is 3. The summed E-state index contributed by atoms with van der Waals surface area (Å²) >= 11 is 0. The Hall–Kier alpha value is -3.18. The fraction of sp³-hybridized carbons (Fsp3) is 0.321. The van der Waals surface area contributed by atoms with E-state index in [0.717, 1.165) is 43.8 Å². The molecule has 33 heavy (non-hydrogen) atoms. The number of rotatable bonds is 8. The van der Waals surface area contributed by atoms with Gasteiger partial charge in [0.1, 0.15) is 11.6 Å². The molecule has 3 aromatic carbocycles. The predicted octanol–water partition coefficient (Wildman–Crippen LogP) is 5.53. The van der Waals surface area contributed by atoms with Gasteiger partial charge < -0.3 is 9.64 Å². The van der Waals surface area contributed by atoms with E-state index in [0.29, 0.717) is 18.7 Å². The van der Waals surface area contributed by atoms with E-state index in [4.69, 9.17) is 4.74 Å². The number of likely N-dealkylation sites (tertiary alicyclic amines) is 1. The Balaban J connectivity index is 1.47. The van der Waals surface area contributed by atoms with Gasteiger partial charge in [0.05, 0.1) is 6.61 Å². The highest BCUT2D eigenvalue weighted by molar-refractivity contribution is 5.94. The number of halogens is 1. The SMILES string of the molecule is CCOc1ccc(CN(C(=O)c2ccc(F)cc2)C2CCN(Cc3ccccc3)CC2)cc1. The molecule has 1 aliphatic heterocycles. The summed E-state index contributed by atoms with van der Waals surface area (Å²) in [4.78, 5) is 17.9. The van der Waals surface area contributed by atoms with Gasteiger partial charge in [-0.05, 0) is 67.3 Å². The van der Waals surface area contributed by atoms with Crippen LogP contribution in [0.25, 0.3) is 0 Å². The zero-order chi connectivity index (χ0) is 23.0. The summed E-state index contributed by atoms with van der Waals surface area (Å²) in [5.74, 6) is 0.441. The molecule has 1 fully saturated rings. The molecule has 4 rings (SSSR count). The van der Waals surface area contributed by atoms with Crippen LogP contribution in [0.1, 0.15) is 41.3 Å². The molecule has 0 aliphatic carbocycles. The van der Waals surface area contributed by atoms with Gasteiger partial charge >= 0.3 is 0 Å². The topological polar surface area (TPSA) is 32.8 Å². The van der Waals surface area contributed by atoms with Crippen LogP contribution in [0.4, 0.5) is 4.39 Å². The minimum absolute atomic E-state index is 0.0506. The molecule has 5 heteroatoms. The molecule has 0 N–H and O–H groups in total. The Labute approximate surface area is 195 Å². The van der Waals surface area contributed by atoms with Crippen LogP contribution in [0.3, 0.4) is 0 Å². The molecule has 1 heterocycles. The van der Waals surface area contributed by atoms with Crippen LogP contribution < -0.4 is 4.74 Å². The Morgan fingerprint density at radius 2 is 1.61 bits per heavy atom. The molecule has 0 unspecified atom stereocenters. The second-order valence-electron chi connectivity index (χ2n) is 8.51. The second-order valence-corrected chi connectivity index (χ2v) is 8.51. The summed E-state index contributed by atoms with van der Waals surface area (Å²) in [5, 5.41) is 0. The first-order valence-electron chi connectivity index (χ1n) is 11.7. The number of carbonyl (C=O) groups excluding carboxylic acids is 1. The minimum Gasteiger partial charge on any atom is -0.494 e. The number of nitrogens with zero attached hydrogens (tertiary/aromatic N) is 2. The summed E-state index contributed by atoms with van der Waals surface area (Å²) in [5.41, 5.74) is 2.89. The largest absolute Gasteiger partial charge is 0.494 e. The summed E-state index contributed by atoms with van der Waals surface area (Å²) in [6.45, 7) is 5.91. The number of hydrogen-bond donors (Lipinski definition) is 0. The first kappa shape index (κ1) is 23.0. The number of ether oxygens (including phenoxy) is 1.